The molecule has 82 valence electrons. The molecule has 0 bridgehead atoms. The maximum atomic E-state index is 4.38. The van der Waals surface area contributed by atoms with E-state index in [1.54, 1.807) is 0 Å². The predicted molar refractivity (Wildman–Crippen MR) is 67.4 cm³/mol. The average Bonchev–Trinajstić information content (AvgIpc) is 2.22. The molecule has 2 rings (SSSR count). The van der Waals surface area contributed by atoms with E-state index in [0.29, 0.717) is 0 Å². The van der Waals surface area contributed by atoms with Crippen LogP contribution in [-0.2, 0) is 6.54 Å². The van der Waals surface area contributed by atoms with Crippen molar-refractivity contribution in [3.8, 4) is 0 Å². The molecule has 1 heterocycles. The summed E-state index contributed by atoms with van der Waals surface area (Å²) in [5, 5.41) is 0. The standard InChI is InChI=1S/C13H19NS/c1-11-5-2-3-8-14(11)10-12-6-4-7-13(15)9-12/h4,6-7,9,11,15H,2-3,5,8,10H2,1H3. The molecule has 0 aromatic heterocycles. The molecule has 1 saturated heterocycles. The number of thiol groups is 1. The lowest BCUT2D eigenvalue weighted by molar-refractivity contribution is 0.152. The summed E-state index contributed by atoms with van der Waals surface area (Å²) in [7, 11) is 0. The number of likely N-dealkylation sites (tertiary alicyclic amines) is 1. The number of benzene rings is 1. The highest BCUT2D eigenvalue weighted by Gasteiger charge is 2.17. The lowest BCUT2D eigenvalue weighted by Crippen LogP contribution is -2.36. The van der Waals surface area contributed by atoms with Crippen LogP contribution in [0.5, 0.6) is 0 Å². The number of hydrogen-bond acceptors (Lipinski definition) is 2. The van der Waals surface area contributed by atoms with Crippen LogP contribution in [0.25, 0.3) is 0 Å². The van der Waals surface area contributed by atoms with Crippen molar-refractivity contribution >= 4 is 12.6 Å². The van der Waals surface area contributed by atoms with Crippen molar-refractivity contribution in [3.63, 3.8) is 0 Å². The van der Waals surface area contributed by atoms with E-state index >= 15 is 0 Å². The van der Waals surface area contributed by atoms with E-state index in [1.807, 2.05) is 6.07 Å². The van der Waals surface area contributed by atoms with E-state index in [1.165, 1.54) is 31.4 Å². The molecule has 1 aromatic rings. The van der Waals surface area contributed by atoms with Crippen LogP contribution in [0.2, 0.25) is 0 Å². The van der Waals surface area contributed by atoms with Gasteiger partial charge in [0.05, 0.1) is 0 Å². The monoisotopic (exact) mass is 221 g/mol. The molecule has 15 heavy (non-hydrogen) atoms. The molecule has 0 aliphatic carbocycles. The fourth-order valence-electron chi connectivity index (χ4n) is 2.28. The predicted octanol–water partition coefficient (Wildman–Crippen LogP) is 3.35. The molecule has 0 amide bonds. The molecule has 1 aliphatic rings. The summed E-state index contributed by atoms with van der Waals surface area (Å²) < 4.78 is 0. The zero-order valence-electron chi connectivity index (χ0n) is 9.32. The van der Waals surface area contributed by atoms with Crippen LogP contribution in [0.1, 0.15) is 31.7 Å². The Morgan fingerprint density at radius 2 is 2.27 bits per heavy atom. The molecular formula is C13H19NS. The molecule has 1 unspecified atom stereocenters. The summed E-state index contributed by atoms with van der Waals surface area (Å²) in [5.41, 5.74) is 1.39. The molecule has 0 radical (unpaired) electrons. The third kappa shape index (κ3) is 2.99. The summed E-state index contributed by atoms with van der Waals surface area (Å²) >= 11 is 4.38. The van der Waals surface area contributed by atoms with Gasteiger partial charge in [-0.2, -0.15) is 0 Å². The topological polar surface area (TPSA) is 3.24 Å². The zero-order chi connectivity index (χ0) is 10.7. The quantitative estimate of drug-likeness (QED) is 0.750. The van der Waals surface area contributed by atoms with Gasteiger partial charge in [0.2, 0.25) is 0 Å². The molecular weight excluding hydrogens is 202 g/mol. The van der Waals surface area contributed by atoms with Crippen LogP contribution in [0.3, 0.4) is 0 Å². The minimum absolute atomic E-state index is 0.738. The molecule has 0 spiro atoms. The van der Waals surface area contributed by atoms with Gasteiger partial charge in [-0.3, -0.25) is 4.90 Å². The van der Waals surface area contributed by atoms with Gasteiger partial charge in [0.25, 0.3) is 0 Å². The van der Waals surface area contributed by atoms with Crippen molar-refractivity contribution in [1.29, 1.82) is 0 Å². The third-order valence-electron chi connectivity index (χ3n) is 3.24. The SMILES string of the molecule is CC1CCCCN1Cc1cccc(S)c1. The van der Waals surface area contributed by atoms with Gasteiger partial charge in [0.15, 0.2) is 0 Å². The Bertz CT molecular complexity index is 324. The molecule has 2 heteroatoms. The van der Waals surface area contributed by atoms with Gasteiger partial charge in [-0.25, -0.2) is 0 Å². The number of nitrogens with zero attached hydrogens (tertiary/aromatic N) is 1. The summed E-state index contributed by atoms with van der Waals surface area (Å²) in [6, 6.07) is 9.23. The summed E-state index contributed by atoms with van der Waals surface area (Å²) in [5.74, 6) is 0. The fraction of sp³-hybridized carbons (Fsp3) is 0.538. The van der Waals surface area contributed by atoms with Gasteiger partial charge in [-0.05, 0) is 44.0 Å². The van der Waals surface area contributed by atoms with Crippen molar-refractivity contribution in [2.24, 2.45) is 0 Å². The second-order valence-electron chi connectivity index (χ2n) is 4.49. The van der Waals surface area contributed by atoms with Crippen molar-refractivity contribution in [1.82, 2.24) is 4.90 Å². The first kappa shape index (κ1) is 11.0. The van der Waals surface area contributed by atoms with Gasteiger partial charge >= 0.3 is 0 Å². The highest BCUT2D eigenvalue weighted by Crippen LogP contribution is 2.19. The van der Waals surface area contributed by atoms with Crippen molar-refractivity contribution in [2.75, 3.05) is 6.54 Å². The van der Waals surface area contributed by atoms with Gasteiger partial charge in [0, 0.05) is 17.5 Å². The number of piperidine rings is 1. The molecule has 1 aliphatic heterocycles. The molecule has 0 saturated carbocycles. The minimum atomic E-state index is 0.738. The van der Waals surface area contributed by atoms with Gasteiger partial charge in [0.1, 0.15) is 0 Å². The fourth-order valence-corrected chi connectivity index (χ4v) is 2.53. The first-order valence-corrected chi connectivity index (χ1v) is 6.22. The van der Waals surface area contributed by atoms with Gasteiger partial charge in [-0.15, -0.1) is 12.6 Å². The largest absolute Gasteiger partial charge is 0.296 e. The summed E-state index contributed by atoms with van der Waals surface area (Å²) in [6.45, 7) is 4.66. The van der Waals surface area contributed by atoms with Crippen LogP contribution < -0.4 is 0 Å². The van der Waals surface area contributed by atoms with E-state index in [9.17, 15) is 0 Å². The van der Waals surface area contributed by atoms with Crippen LogP contribution in [0, 0.1) is 0 Å². The smallest absolute Gasteiger partial charge is 0.0236 e. The highest BCUT2D eigenvalue weighted by molar-refractivity contribution is 7.80. The zero-order valence-corrected chi connectivity index (χ0v) is 10.2. The number of hydrogen-bond donors (Lipinski definition) is 1. The van der Waals surface area contributed by atoms with Crippen LogP contribution in [0.4, 0.5) is 0 Å². The average molecular weight is 221 g/mol. The van der Waals surface area contributed by atoms with Crippen molar-refractivity contribution in [3.05, 3.63) is 29.8 Å². The second kappa shape index (κ2) is 5.04. The molecule has 1 fully saturated rings. The van der Waals surface area contributed by atoms with Crippen LogP contribution in [-0.4, -0.2) is 17.5 Å². The normalized spacial score (nSPS) is 22.9. The Labute approximate surface area is 97.9 Å². The Balaban J connectivity index is 2.01. The van der Waals surface area contributed by atoms with Crippen LogP contribution in [0.15, 0.2) is 29.2 Å². The molecule has 1 atom stereocenters. The Hall–Kier alpha value is -0.470. The summed E-state index contributed by atoms with van der Waals surface area (Å²) in [4.78, 5) is 3.64. The lowest BCUT2D eigenvalue weighted by Gasteiger charge is -2.33. The first-order chi connectivity index (χ1) is 7.25. The van der Waals surface area contributed by atoms with Gasteiger partial charge < -0.3 is 0 Å². The van der Waals surface area contributed by atoms with E-state index in [0.717, 1.165) is 17.5 Å². The maximum absolute atomic E-state index is 4.38. The lowest BCUT2D eigenvalue weighted by atomic mass is 10.0. The molecule has 0 N–H and O–H groups in total. The summed E-state index contributed by atoms with van der Waals surface area (Å²) in [6.07, 6.45) is 4.09. The Kier molecular flexibility index (Phi) is 3.71. The first-order valence-electron chi connectivity index (χ1n) is 5.77. The molecule has 1 nitrogen and oxygen atoms in total. The highest BCUT2D eigenvalue weighted by atomic mass is 32.1. The molecule has 1 aromatic carbocycles. The minimum Gasteiger partial charge on any atom is -0.296 e. The third-order valence-corrected chi connectivity index (χ3v) is 3.51. The van der Waals surface area contributed by atoms with Crippen molar-refractivity contribution < 1.29 is 0 Å². The van der Waals surface area contributed by atoms with Crippen molar-refractivity contribution in [2.45, 2.75) is 43.7 Å². The Morgan fingerprint density at radius 1 is 1.40 bits per heavy atom. The van der Waals surface area contributed by atoms with E-state index in [2.05, 4.69) is 42.7 Å². The number of rotatable bonds is 2. The van der Waals surface area contributed by atoms with Crippen LogP contribution >= 0.6 is 12.6 Å². The van der Waals surface area contributed by atoms with E-state index in [-0.39, 0.29) is 0 Å². The van der Waals surface area contributed by atoms with E-state index < -0.39 is 0 Å². The Morgan fingerprint density at radius 3 is 3.00 bits per heavy atom. The van der Waals surface area contributed by atoms with E-state index in [4.69, 9.17) is 0 Å². The second-order valence-corrected chi connectivity index (χ2v) is 5.00. The van der Waals surface area contributed by atoms with Gasteiger partial charge in [-0.1, -0.05) is 18.6 Å². The maximum Gasteiger partial charge on any atom is 0.0236 e.